The molecular weight excluding hydrogens is 330 g/mol. The first kappa shape index (κ1) is 17.1. The lowest BCUT2D eigenvalue weighted by Crippen LogP contribution is -1.99. The molecule has 2 N–H and O–H groups in total. The summed E-state index contributed by atoms with van der Waals surface area (Å²) in [6.45, 7) is 0.262. The Kier molecular flexibility index (Phi) is 4.86. The maximum Gasteiger partial charge on any atom is 0.339 e. The fourth-order valence-electron chi connectivity index (χ4n) is 2.56. The minimum atomic E-state index is -1.19. The molecule has 0 unspecified atom stereocenters. The smallest absolute Gasteiger partial charge is 0.339 e. The summed E-state index contributed by atoms with van der Waals surface area (Å²) in [5.41, 5.74) is 3.24. The first-order chi connectivity index (χ1) is 12.6. The van der Waals surface area contributed by atoms with Gasteiger partial charge >= 0.3 is 5.97 Å². The molecule has 0 atom stereocenters. The Bertz CT molecular complexity index is 1000. The van der Waals surface area contributed by atoms with Crippen molar-refractivity contribution < 1.29 is 19.7 Å². The molecule has 0 aliphatic carbocycles. The summed E-state index contributed by atoms with van der Waals surface area (Å²) in [5.74, 6) is -1.15. The van der Waals surface area contributed by atoms with Gasteiger partial charge in [-0.1, -0.05) is 30.3 Å². The van der Waals surface area contributed by atoms with Crippen LogP contribution in [-0.2, 0) is 6.61 Å². The third-order valence-corrected chi connectivity index (χ3v) is 3.86. The zero-order valence-corrected chi connectivity index (χ0v) is 13.7. The van der Waals surface area contributed by atoms with Crippen LogP contribution in [0.4, 0.5) is 0 Å². The van der Waals surface area contributed by atoms with Crippen LogP contribution in [0.25, 0.3) is 11.1 Å². The predicted molar refractivity (Wildman–Crippen MR) is 96.0 cm³/mol. The van der Waals surface area contributed by atoms with Crippen LogP contribution in [0.15, 0.2) is 66.7 Å². The first-order valence-electron chi connectivity index (χ1n) is 7.85. The second-order valence-corrected chi connectivity index (χ2v) is 5.67. The van der Waals surface area contributed by atoms with Gasteiger partial charge in [-0.15, -0.1) is 0 Å². The Morgan fingerprint density at radius 2 is 1.73 bits per heavy atom. The number of hydrogen-bond donors (Lipinski definition) is 2. The molecular formula is C21H15NO4. The molecule has 3 rings (SSSR count). The number of phenols is 1. The standard InChI is InChI=1S/C21H15NO4/c22-12-14-3-1-5-16(9-14)17-6-2-4-15(10-17)13-26-18-7-8-19(21(24)25)20(23)11-18/h1-11,23H,13H2,(H,24,25). The van der Waals surface area contributed by atoms with E-state index in [1.807, 2.05) is 42.5 Å². The summed E-state index contributed by atoms with van der Waals surface area (Å²) in [5, 5.41) is 27.7. The van der Waals surface area contributed by atoms with E-state index in [1.165, 1.54) is 18.2 Å². The molecule has 5 nitrogen and oxygen atoms in total. The maximum absolute atomic E-state index is 10.9. The number of benzene rings is 3. The molecule has 0 aliphatic rings. The van der Waals surface area contributed by atoms with Crippen molar-refractivity contribution in [1.82, 2.24) is 0 Å². The van der Waals surface area contributed by atoms with Gasteiger partial charge in [0.1, 0.15) is 23.7 Å². The van der Waals surface area contributed by atoms with Gasteiger partial charge in [0, 0.05) is 6.07 Å². The lowest BCUT2D eigenvalue weighted by molar-refractivity contribution is 0.0693. The Hall–Kier alpha value is -3.78. The molecule has 0 fully saturated rings. The third kappa shape index (κ3) is 3.82. The normalized spacial score (nSPS) is 10.1. The van der Waals surface area contributed by atoms with Crippen molar-refractivity contribution >= 4 is 5.97 Å². The van der Waals surface area contributed by atoms with Crippen LogP contribution >= 0.6 is 0 Å². The number of rotatable bonds is 5. The van der Waals surface area contributed by atoms with Gasteiger partial charge in [0.2, 0.25) is 0 Å². The zero-order chi connectivity index (χ0) is 18.5. The van der Waals surface area contributed by atoms with Gasteiger partial charge in [0.15, 0.2) is 0 Å². The van der Waals surface area contributed by atoms with Crippen molar-refractivity contribution in [1.29, 1.82) is 5.26 Å². The highest BCUT2D eigenvalue weighted by molar-refractivity contribution is 5.90. The molecule has 0 radical (unpaired) electrons. The zero-order valence-electron chi connectivity index (χ0n) is 13.7. The summed E-state index contributed by atoms with van der Waals surface area (Å²) in [6.07, 6.45) is 0. The monoisotopic (exact) mass is 345 g/mol. The van der Waals surface area contributed by atoms with E-state index in [4.69, 9.17) is 15.1 Å². The van der Waals surface area contributed by atoms with Gasteiger partial charge in [0.25, 0.3) is 0 Å². The largest absolute Gasteiger partial charge is 0.507 e. The highest BCUT2D eigenvalue weighted by atomic mass is 16.5. The van der Waals surface area contributed by atoms with Crippen LogP contribution in [-0.4, -0.2) is 16.2 Å². The Morgan fingerprint density at radius 3 is 2.42 bits per heavy atom. The lowest BCUT2D eigenvalue weighted by atomic mass is 10.0. The minimum absolute atomic E-state index is 0.170. The van der Waals surface area contributed by atoms with Gasteiger partial charge in [0.05, 0.1) is 11.6 Å². The van der Waals surface area contributed by atoms with Gasteiger partial charge < -0.3 is 14.9 Å². The second kappa shape index (κ2) is 7.41. The van der Waals surface area contributed by atoms with Crippen LogP contribution in [0.1, 0.15) is 21.5 Å². The molecule has 0 saturated carbocycles. The third-order valence-electron chi connectivity index (χ3n) is 3.86. The van der Waals surface area contributed by atoms with Crippen molar-refractivity contribution in [2.45, 2.75) is 6.61 Å². The second-order valence-electron chi connectivity index (χ2n) is 5.67. The number of carboxylic acids is 1. The Morgan fingerprint density at radius 1 is 1.00 bits per heavy atom. The molecule has 26 heavy (non-hydrogen) atoms. The number of aromatic hydroxyl groups is 1. The van der Waals surface area contributed by atoms with E-state index in [9.17, 15) is 9.90 Å². The van der Waals surface area contributed by atoms with E-state index in [0.717, 1.165) is 16.7 Å². The summed E-state index contributed by atoms with van der Waals surface area (Å²) < 4.78 is 5.64. The maximum atomic E-state index is 10.9. The van der Waals surface area contributed by atoms with Crippen molar-refractivity contribution in [2.75, 3.05) is 0 Å². The van der Waals surface area contributed by atoms with E-state index in [-0.39, 0.29) is 17.9 Å². The van der Waals surface area contributed by atoms with Crippen LogP contribution < -0.4 is 4.74 Å². The van der Waals surface area contributed by atoms with Crippen LogP contribution in [0, 0.1) is 11.3 Å². The molecule has 0 aromatic heterocycles. The van der Waals surface area contributed by atoms with Gasteiger partial charge in [-0.2, -0.15) is 5.26 Å². The van der Waals surface area contributed by atoms with Crippen LogP contribution in [0.2, 0.25) is 0 Å². The number of hydrogen-bond acceptors (Lipinski definition) is 4. The minimum Gasteiger partial charge on any atom is -0.507 e. The fourth-order valence-corrected chi connectivity index (χ4v) is 2.56. The predicted octanol–water partition coefficient (Wildman–Crippen LogP) is 4.21. The number of nitrogens with zero attached hydrogens (tertiary/aromatic N) is 1. The van der Waals surface area contributed by atoms with Crippen molar-refractivity contribution in [3.05, 3.63) is 83.4 Å². The topological polar surface area (TPSA) is 90.5 Å². The molecule has 0 spiro atoms. The SMILES string of the molecule is N#Cc1cccc(-c2cccc(COc3ccc(C(=O)O)c(O)c3)c2)c1. The van der Waals surface area contributed by atoms with Gasteiger partial charge in [-0.25, -0.2) is 4.79 Å². The molecule has 3 aromatic carbocycles. The van der Waals surface area contributed by atoms with E-state index >= 15 is 0 Å². The quantitative estimate of drug-likeness (QED) is 0.723. The molecule has 0 saturated heterocycles. The molecule has 128 valence electrons. The van der Waals surface area contributed by atoms with E-state index in [0.29, 0.717) is 11.3 Å². The highest BCUT2D eigenvalue weighted by Crippen LogP contribution is 2.25. The van der Waals surface area contributed by atoms with Gasteiger partial charge in [-0.3, -0.25) is 0 Å². The average Bonchev–Trinajstić information content (AvgIpc) is 2.66. The number of carbonyl (C=O) groups is 1. The summed E-state index contributed by atoms with van der Waals surface area (Å²) in [6, 6.07) is 21.3. The molecule has 0 heterocycles. The first-order valence-corrected chi connectivity index (χ1v) is 7.85. The number of aromatic carboxylic acids is 1. The van der Waals surface area contributed by atoms with E-state index < -0.39 is 5.97 Å². The molecule has 0 amide bonds. The number of carboxylic acid groups (broad SMARTS) is 1. The van der Waals surface area contributed by atoms with Crippen LogP contribution in [0.3, 0.4) is 0 Å². The van der Waals surface area contributed by atoms with Gasteiger partial charge in [-0.05, 0) is 47.0 Å². The van der Waals surface area contributed by atoms with Crippen LogP contribution in [0.5, 0.6) is 11.5 Å². The molecule has 0 bridgehead atoms. The fraction of sp³-hybridized carbons (Fsp3) is 0.0476. The molecule has 5 heteroatoms. The van der Waals surface area contributed by atoms with E-state index in [1.54, 1.807) is 6.07 Å². The van der Waals surface area contributed by atoms with E-state index in [2.05, 4.69) is 6.07 Å². The van der Waals surface area contributed by atoms with Crippen molar-refractivity contribution in [2.24, 2.45) is 0 Å². The Balaban J connectivity index is 1.76. The summed E-state index contributed by atoms with van der Waals surface area (Å²) in [4.78, 5) is 10.9. The molecule has 3 aromatic rings. The summed E-state index contributed by atoms with van der Waals surface area (Å²) in [7, 11) is 0. The summed E-state index contributed by atoms with van der Waals surface area (Å²) >= 11 is 0. The number of ether oxygens (including phenoxy) is 1. The Labute approximate surface area is 150 Å². The van der Waals surface area contributed by atoms with Crippen molar-refractivity contribution in [3.8, 4) is 28.7 Å². The average molecular weight is 345 g/mol. The molecule has 0 aliphatic heterocycles. The van der Waals surface area contributed by atoms with Crippen molar-refractivity contribution in [3.63, 3.8) is 0 Å². The lowest BCUT2D eigenvalue weighted by Gasteiger charge is -2.09. The number of nitriles is 1. The highest BCUT2D eigenvalue weighted by Gasteiger charge is 2.10.